The predicted octanol–water partition coefficient (Wildman–Crippen LogP) is 1.57. The lowest BCUT2D eigenvalue weighted by molar-refractivity contribution is 0.0719. The Morgan fingerprint density at radius 1 is 1.37 bits per heavy atom. The number of cyclic esters (lactones) is 1. The molecule has 1 aliphatic heterocycles. The van der Waals surface area contributed by atoms with Crippen molar-refractivity contribution in [1.82, 2.24) is 10.2 Å². The number of carbonyl (C=O) groups excluding carboxylic acids is 2. The van der Waals surface area contributed by atoms with Crippen molar-refractivity contribution in [1.29, 1.82) is 0 Å². The van der Waals surface area contributed by atoms with E-state index in [-0.39, 0.29) is 12.0 Å². The Morgan fingerprint density at radius 2 is 2.11 bits per heavy atom. The molecule has 5 heteroatoms. The minimum atomic E-state index is -0.296. The summed E-state index contributed by atoms with van der Waals surface area (Å²) >= 11 is 0. The van der Waals surface area contributed by atoms with Gasteiger partial charge in [0.2, 0.25) is 0 Å². The predicted molar refractivity (Wildman–Crippen MR) is 71.1 cm³/mol. The Bertz CT molecular complexity index is 456. The first-order valence-corrected chi connectivity index (χ1v) is 6.43. The fraction of sp³-hybridized carbons (Fsp3) is 0.429. The molecular weight excluding hydrogens is 244 g/mol. The summed E-state index contributed by atoms with van der Waals surface area (Å²) in [4.78, 5) is 24.8. The van der Waals surface area contributed by atoms with E-state index in [1.807, 2.05) is 19.1 Å². The highest BCUT2D eigenvalue weighted by Crippen LogP contribution is 2.04. The summed E-state index contributed by atoms with van der Waals surface area (Å²) in [5.41, 5.74) is 1.75. The number of aryl methyl sites for hydroxylation is 1. The molecule has 1 N–H and O–H groups in total. The van der Waals surface area contributed by atoms with Gasteiger partial charge in [0.25, 0.3) is 5.91 Å². The Labute approximate surface area is 112 Å². The topological polar surface area (TPSA) is 58.6 Å². The van der Waals surface area contributed by atoms with E-state index >= 15 is 0 Å². The summed E-state index contributed by atoms with van der Waals surface area (Å²) in [6, 6.07) is 7.38. The van der Waals surface area contributed by atoms with Crippen molar-refractivity contribution >= 4 is 12.0 Å². The number of hydrogen-bond acceptors (Lipinski definition) is 3. The summed E-state index contributed by atoms with van der Waals surface area (Å²) in [6.07, 6.45) is 0.549. The van der Waals surface area contributed by atoms with Crippen LogP contribution in [0.2, 0.25) is 0 Å². The largest absolute Gasteiger partial charge is 0.449 e. The molecule has 1 aromatic carbocycles. The molecule has 19 heavy (non-hydrogen) atoms. The Hall–Kier alpha value is -2.04. The molecule has 0 unspecified atom stereocenters. The van der Waals surface area contributed by atoms with Crippen LogP contribution in [-0.2, 0) is 4.74 Å². The van der Waals surface area contributed by atoms with Crippen molar-refractivity contribution in [3.8, 4) is 0 Å². The van der Waals surface area contributed by atoms with Crippen molar-refractivity contribution in [2.45, 2.75) is 13.3 Å². The van der Waals surface area contributed by atoms with E-state index in [9.17, 15) is 9.59 Å². The van der Waals surface area contributed by atoms with Gasteiger partial charge in [0, 0.05) is 25.2 Å². The van der Waals surface area contributed by atoms with E-state index in [4.69, 9.17) is 4.74 Å². The maximum atomic E-state index is 11.8. The number of benzene rings is 1. The van der Waals surface area contributed by atoms with Gasteiger partial charge in [-0.3, -0.25) is 4.79 Å². The average Bonchev–Trinajstić information content (AvgIpc) is 2.41. The first kappa shape index (κ1) is 13.4. The van der Waals surface area contributed by atoms with Crippen LogP contribution >= 0.6 is 0 Å². The normalized spacial score (nSPS) is 15.0. The Kier molecular flexibility index (Phi) is 4.39. The summed E-state index contributed by atoms with van der Waals surface area (Å²) < 4.78 is 4.92. The van der Waals surface area contributed by atoms with Gasteiger partial charge in [0.1, 0.15) is 0 Å². The maximum absolute atomic E-state index is 11.8. The first-order chi connectivity index (χ1) is 9.16. The molecule has 2 amide bonds. The number of rotatable bonds is 4. The van der Waals surface area contributed by atoms with Gasteiger partial charge in [0.15, 0.2) is 0 Å². The molecule has 0 bridgehead atoms. The lowest BCUT2D eigenvalue weighted by Crippen LogP contribution is -2.42. The van der Waals surface area contributed by atoms with Gasteiger partial charge in [-0.2, -0.15) is 0 Å². The van der Waals surface area contributed by atoms with Crippen molar-refractivity contribution in [3.05, 3.63) is 35.4 Å². The second kappa shape index (κ2) is 6.22. The number of amides is 2. The third-order valence-electron chi connectivity index (χ3n) is 3.04. The molecule has 5 nitrogen and oxygen atoms in total. The standard InChI is InChI=1S/C14H18N2O3/c1-11-3-5-12(6-4-11)13(17)15-7-9-16-8-2-10-19-14(16)18/h3-6H,2,7-10H2,1H3,(H,15,17). The summed E-state index contributed by atoms with van der Waals surface area (Å²) in [6.45, 7) is 4.08. The molecule has 0 aromatic heterocycles. The van der Waals surface area contributed by atoms with Gasteiger partial charge >= 0.3 is 6.09 Å². The van der Waals surface area contributed by atoms with Gasteiger partial charge in [-0.25, -0.2) is 4.79 Å². The number of nitrogens with zero attached hydrogens (tertiary/aromatic N) is 1. The lowest BCUT2D eigenvalue weighted by atomic mass is 10.1. The smallest absolute Gasteiger partial charge is 0.409 e. The van der Waals surface area contributed by atoms with Crippen LogP contribution in [0.5, 0.6) is 0 Å². The molecule has 1 saturated heterocycles. The van der Waals surface area contributed by atoms with Crippen LogP contribution in [0.4, 0.5) is 4.79 Å². The highest BCUT2D eigenvalue weighted by atomic mass is 16.6. The van der Waals surface area contributed by atoms with Crippen molar-refractivity contribution in [3.63, 3.8) is 0 Å². The average molecular weight is 262 g/mol. The van der Waals surface area contributed by atoms with Gasteiger partial charge in [-0.1, -0.05) is 17.7 Å². The zero-order chi connectivity index (χ0) is 13.7. The molecule has 2 rings (SSSR count). The minimum absolute atomic E-state index is 0.120. The van der Waals surface area contributed by atoms with E-state index in [0.717, 1.165) is 12.0 Å². The van der Waals surface area contributed by atoms with Crippen LogP contribution in [0.3, 0.4) is 0 Å². The Morgan fingerprint density at radius 3 is 2.79 bits per heavy atom. The summed E-state index contributed by atoms with van der Waals surface area (Å²) in [5.74, 6) is -0.120. The van der Waals surface area contributed by atoms with E-state index in [2.05, 4.69) is 5.32 Å². The summed E-state index contributed by atoms with van der Waals surface area (Å²) in [7, 11) is 0. The molecule has 102 valence electrons. The van der Waals surface area contributed by atoms with Gasteiger partial charge in [-0.15, -0.1) is 0 Å². The van der Waals surface area contributed by atoms with Gasteiger partial charge < -0.3 is 15.0 Å². The number of carbonyl (C=O) groups is 2. The van der Waals surface area contributed by atoms with Gasteiger partial charge in [-0.05, 0) is 25.5 Å². The first-order valence-electron chi connectivity index (χ1n) is 6.43. The van der Waals surface area contributed by atoms with Crippen LogP contribution in [0.1, 0.15) is 22.3 Å². The summed E-state index contributed by atoms with van der Waals surface area (Å²) in [5, 5.41) is 2.80. The van der Waals surface area contributed by atoms with Crippen LogP contribution < -0.4 is 5.32 Å². The molecular formula is C14H18N2O3. The fourth-order valence-electron chi connectivity index (χ4n) is 1.91. The third kappa shape index (κ3) is 3.71. The van der Waals surface area contributed by atoms with Crippen LogP contribution in [0.25, 0.3) is 0 Å². The minimum Gasteiger partial charge on any atom is -0.449 e. The molecule has 0 aliphatic carbocycles. The van der Waals surface area contributed by atoms with Crippen LogP contribution in [0, 0.1) is 6.92 Å². The van der Waals surface area contributed by atoms with E-state index in [1.165, 1.54) is 0 Å². The zero-order valence-electron chi connectivity index (χ0n) is 11.0. The monoisotopic (exact) mass is 262 g/mol. The zero-order valence-corrected chi connectivity index (χ0v) is 11.0. The van der Waals surface area contributed by atoms with E-state index in [1.54, 1.807) is 17.0 Å². The van der Waals surface area contributed by atoms with Crippen molar-refractivity contribution in [2.24, 2.45) is 0 Å². The molecule has 1 fully saturated rings. The molecule has 0 saturated carbocycles. The Balaban J connectivity index is 1.77. The van der Waals surface area contributed by atoms with Crippen LogP contribution in [0.15, 0.2) is 24.3 Å². The number of nitrogens with one attached hydrogen (secondary N) is 1. The SMILES string of the molecule is Cc1ccc(C(=O)NCCN2CCCOC2=O)cc1. The molecule has 1 aromatic rings. The van der Waals surface area contributed by atoms with Crippen LogP contribution in [-0.4, -0.2) is 43.1 Å². The highest BCUT2D eigenvalue weighted by molar-refractivity contribution is 5.94. The van der Waals surface area contributed by atoms with Crippen molar-refractivity contribution in [2.75, 3.05) is 26.2 Å². The molecule has 0 radical (unpaired) electrons. The number of hydrogen-bond donors (Lipinski definition) is 1. The molecule has 1 aliphatic rings. The molecule has 0 atom stereocenters. The molecule has 0 spiro atoms. The lowest BCUT2D eigenvalue weighted by Gasteiger charge is -2.26. The fourth-order valence-corrected chi connectivity index (χ4v) is 1.91. The quantitative estimate of drug-likeness (QED) is 0.896. The van der Waals surface area contributed by atoms with Gasteiger partial charge in [0.05, 0.1) is 6.61 Å². The highest BCUT2D eigenvalue weighted by Gasteiger charge is 2.18. The third-order valence-corrected chi connectivity index (χ3v) is 3.04. The van der Waals surface area contributed by atoms with Crippen molar-refractivity contribution < 1.29 is 14.3 Å². The second-order valence-electron chi connectivity index (χ2n) is 4.58. The second-order valence-corrected chi connectivity index (χ2v) is 4.58. The van der Waals surface area contributed by atoms with E-state index < -0.39 is 0 Å². The maximum Gasteiger partial charge on any atom is 0.409 e. The van der Waals surface area contributed by atoms with E-state index in [0.29, 0.717) is 31.8 Å². The number of ether oxygens (including phenoxy) is 1. The molecule has 1 heterocycles.